The van der Waals surface area contributed by atoms with Crippen LogP contribution in [-0.4, -0.2) is 36.5 Å². The Bertz CT molecular complexity index is 469. The predicted octanol–water partition coefficient (Wildman–Crippen LogP) is 1.15. The molecule has 4 nitrogen and oxygen atoms in total. The van der Waals surface area contributed by atoms with E-state index in [1.807, 2.05) is 30.0 Å². The minimum Gasteiger partial charge on any atom is -0.372 e. The molecule has 3 rings (SSSR count). The Balaban J connectivity index is 1.82. The number of rotatable bonds is 3. The van der Waals surface area contributed by atoms with E-state index in [-0.39, 0.29) is 5.91 Å². The van der Waals surface area contributed by atoms with Crippen LogP contribution >= 0.6 is 0 Å². The Hall–Kier alpha value is -1.39. The van der Waals surface area contributed by atoms with Gasteiger partial charge in [0.1, 0.15) is 0 Å². The second kappa shape index (κ2) is 4.71. The van der Waals surface area contributed by atoms with Gasteiger partial charge in [0.2, 0.25) is 0 Å². The maximum atomic E-state index is 12.5. The molecule has 0 bridgehead atoms. The van der Waals surface area contributed by atoms with Crippen molar-refractivity contribution in [2.75, 3.05) is 19.6 Å². The minimum absolute atomic E-state index is 0.138. The molecule has 1 aromatic carbocycles. The lowest BCUT2D eigenvalue weighted by Crippen LogP contribution is -2.58. The first-order valence-electron chi connectivity index (χ1n) is 6.51. The molecule has 1 amide bonds. The number of carbonyl (C=O) groups excluding carboxylic acids is 1. The van der Waals surface area contributed by atoms with E-state index in [0.717, 1.165) is 30.8 Å². The number of amides is 1. The van der Waals surface area contributed by atoms with Crippen LogP contribution in [-0.2, 0) is 18.0 Å². The number of benzene rings is 1. The van der Waals surface area contributed by atoms with Gasteiger partial charge in [-0.3, -0.25) is 4.79 Å². The molecule has 0 aromatic heterocycles. The van der Waals surface area contributed by atoms with Gasteiger partial charge in [0.05, 0.1) is 19.3 Å². The molecule has 2 aliphatic heterocycles. The van der Waals surface area contributed by atoms with Crippen molar-refractivity contribution in [3.05, 3.63) is 34.9 Å². The molecule has 4 heteroatoms. The Labute approximate surface area is 107 Å². The monoisotopic (exact) mass is 246 g/mol. The van der Waals surface area contributed by atoms with Crippen LogP contribution in [0.25, 0.3) is 0 Å². The van der Waals surface area contributed by atoms with E-state index in [1.165, 1.54) is 5.56 Å². The van der Waals surface area contributed by atoms with Crippen molar-refractivity contribution in [1.82, 2.24) is 10.2 Å². The van der Waals surface area contributed by atoms with Crippen molar-refractivity contribution in [2.24, 2.45) is 0 Å². The van der Waals surface area contributed by atoms with Gasteiger partial charge in [-0.25, -0.2) is 0 Å². The summed E-state index contributed by atoms with van der Waals surface area (Å²) in [4.78, 5) is 14.4. The molecule has 96 valence electrons. The third-order valence-electron chi connectivity index (χ3n) is 3.77. The molecule has 2 aliphatic rings. The normalized spacial score (nSPS) is 18.3. The Morgan fingerprint density at radius 2 is 2.17 bits per heavy atom. The summed E-state index contributed by atoms with van der Waals surface area (Å²) in [6.45, 7) is 5.92. The van der Waals surface area contributed by atoms with E-state index in [4.69, 9.17) is 4.74 Å². The first-order chi connectivity index (χ1) is 8.79. The van der Waals surface area contributed by atoms with E-state index in [1.54, 1.807) is 0 Å². The molecular weight excluding hydrogens is 228 g/mol. The summed E-state index contributed by atoms with van der Waals surface area (Å²) < 4.78 is 5.38. The van der Waals surface area contributed by atoms with Gasteiger partial charge in [0.15, 0.2) is 0 Å². The molecule has 1 aromatic rings. The van der Waals surface area contributed by atoms with Gasteiger partial charge in [0.25, 0.3) is 5.91 Å². The Morgan fingerprint density at radius 3 is 2.83 bits per heavy atom. The van der Waals surface area contributed by atoms with Crippen LogP contribution in [0.4, 0.5) is 0 Å². The number of hydrogen-bond acceptors (Lipinski definition) is 3. The number of carbonyl (C=O) groups is 1. The van der Waals surface area contributed by atoms with Gasteiger partial charge in [-0.05, 0) is 30.2 Å². The standard InChI is InChI=1S/C14H18N2O2/c1-2-16(13-6-15-7-13)14(17)10-3-4-11-8-18-9-12(11)5-10/h3-5,13,15H,2,6-9H2,1H3. The van der Waals surface area contributed by atoms with E-state index in [0.29, 0.717) is 19.3 Å². The highest BCUT2D eigenvalue weighted by atomic mass is 16.5. The van der Waals surface area contributed by atoms with Crippen LogP contribution in [0.1, 0.15) is 28.4 Å². The zero-order chi connectivity index (χ0) is 12.5. The van der Waals surface area contributed by atoms with Crippen LogP contribution in [0.3, 0.4) is 0 Å². The molecule has 0 unspecified atom stereocenters. The fourth-order valence-electron chi connectivity index (χ4n) is 2.53. The van der Waals surface area contributed by atoms with E-state index < -0.39 is 0 Å². The first-order valence-corrected chi connectivity index (χ1v) is 6.51. The summed E-state index contributed by atoms with van der Waals surface area (Å²) in [5, 5.41) is 3.21. The number of likely N-dealkylation sites (N-methyl/N-ethyl adjacent to an activating group) is 1. The average Bonchev–Trinajstić information content (AvgIpc) is 2.79. The fourth-order valence-corrected chi connectivity index (χ4v) is 2.53. The van der Waals surface area contributed by atoms with Crippen molar-refractivity contribution >= 4 is 5.91 Å². The maximum Gasteiger partial charge on any atom is 0.254 e. The van der Waals surface area contributed by atoms with Crippen molar-refractivity contribution < 1.29 is 9.53 Å². The first kappa shape index (κ1) is 11.7. The molecule has 2 heterocycles. The maximum absolute atomic E-state index is 12.5. The van der Waals surface area contributed by atoms with Crippen LogP contribution in [0.15, 0.2) is 18.2 Å². The number of hydrogen-bond donors (Lipinski definition) is 1. The highest BCUT2D eigenvalue weighted by Crippen LogP contribution is 2.22. The summed E-state index contributed by atoms with van der Waals surface area (Å²) in [6, 6.07) is 6.28. The second-order valence-corrected chi connectivity index (χ2v) is 4.88. The Kier molecular flexibility index (Phi) is 3.06. The van der Waals surface area contributed by atoms with Gasteiger partial charge in [0, 0.05) is 25.2 Å². The summed E-state index contributed by atoms with van der Waals surface area (Å²) in [5.41, 5.74) is 3.15. The molecule has 1 N–H and O–H groups in total. The van der Waals surface area contributed by atoms with Crippen molar-refractivity contribution in [3.63, 3.8) is 0 Å². The van der Waals surface area contributed by atoms with Crippen LogP contribution in [0.5, 0.6) is 0 Å². The number of ether oxygens (including phenoxy) is 1. The van der Waals surface area contributed by atoms with E-state index in [9.17, 15) is 4.79 Å². The van der Waals surface area contributed by atoms with Crippen LogP contribution in [0.2, 0.25) is 0 Å². The molecule has 0 atom stereocenters. The van der Waals surface area contributed by atoms with Crippen LogP contribution in [0, 0.1) is 0 Å². The van der Waals surface area contributed by atoms with Crippen molar-refractivity contribution in [1.29, 1.82) is 0 Å². The largest absolute Gasteiger partial charge is 0.372 e. The van der Waals surface area contributed by atoms with Crippen molar-refractivity contribution in [2.45, 2.75) is 26.2 Å². The quantitative estimate of drug-likeness (QED) is 0.870. The zero-order valence-electron chi connectivity index (χ0n) is 10.6. The second-order valence-electron chi connectivity index (χ2n) is 4.88. The smallest absolute Gasteiger partial charge is 0.254 e. The predicted molar refractivity (Wildman–Crippen MR) is 68.3 cm³/mol. The SMILES string of the molecule is CCN(C(=O)c1ccc2c(c1)COC2)C1CNC1. The van der Waals surface area contributed by atoms with E-state index >= 15 is 0 Å². The topological polar surface area (TPSA) is 41.6 Å². The lowest BCUT2D eigenvalue weighted by molar-refractivity contribution is 0.0630. The highest BCUT2D eigenvalue weighted by Gasteiger charge is 2.28. The van der Waals surface area contributed by atoms with Crippen LogP contribution < -0.4 is 5.32 Å². The van der Waals surface area contributed by atoms with Gasteiger partial charge in [-0.2, -0.15) is 0 Å². The third-order valence-corrected chi connectivity index (χ3v) is 3.77. The van der Waals surface area contributed by atoms with Gasteiger partial charge in [-0.1, -0.05) is 6.07 Å². The summed E-state index contributed by atoms with van der Waals surface area (Å²) in [7, 11) is 0. The molecule has 0 aliphatic carbocycles. The Morgan fingerprint density at radius 1 is 1.39 bits per heavy atom. The average molecular weight is 246 g/mol. The lowest BCUT2D eigenvalue weighted by atomic mass is 10.0. The lowest BCUT2D eigenvalue weighted by Gasteiger charge is -2.37. The number of fused-ring (bicyclic) bond motifs is 1. The molecule has 0 spiro atoms. The molecular formula is C14H18N2O2. The zero-order valence-corrected chi connectivity index (χ0v) is 10.6. The van der Waals surface area contributed by atoms with E-state index in [2.05, 4.69) is 5.32 Å². The molecule has 1 fully saturated rings. The summed E-state index contributed by atoms with van der Waals surface area (Å²) >= 11 is 0. The van der Waals surface area contributed by atoms with Gasteiger partial charge < -0.3 is 15.0 Å². The molecule has 18 heavy (non-hydrogen) atoms. The third kappa shape index (κ3) is 1.91. The fraction of sp³-hybridized carbons (Fsp3) is 0.500. The van der Waals surface area contributed by atoms with Gasteiger partial charge >= 0.3 is 0 Å². The molecule has 0 saturated carbocycles. The van der Waals surface area contributed by atoms with Crippen molar-refractivity contribution in [3.8, 4) is 0 Å². The number of nitrogens with one attached hydrogen (secondary N) is 1. The molecule has 0 radical (unpaired) electrons. The summed E-state index contributed by atoms with van der Waals surface area (Å²) in [5.74, 6) is 0.138. The molecule has 1 saturated heterocycles. The minimum atomic E-state index is 0.138. The summed E-state index contributed by atoms with van der Waals surface area (Å²) in [6.07, 6.45) is 0. The number of nitrogens with zero attached hydrogens (tertiary/aromatic N) is 1. The highest BCUT2D eigenvalue weighted by molar-refractivity contribution is 5.94. The van der Waals surface area contributed by atoms with Gasteiger partial charge in [-0.15, -0.1) is 0 Å².